The van der Waals surface area contributed by atoms with Crippen LogP contribution in [0.1, 0.15) is 18.4 Å². The van der Waals surface area contributed by atoms with Gasteiger partial charge in [-0.25, -0.2) is 0 Å². The van der Waals surface area contributed by atoms with Gasteiger partial charge in [0.25, 0.3) is 5.69 Å². The maximum absolute atomic E-state index is 10.9. The third-order valence-corrected chi connectivity index (χ3v) is 3.28. The van der Waals surface area contributed by atoms with Crippen LogP contribution in [0.25, 0.3) is 0 Å². The molecule has 1 fully saturated rings. The van der Waals surface area contributed by atoms with Gasteiger partial charge >= 0.3 is 0 Å². The minimum atomic E-state index is -0.396. The summed E-state index contributed by atoms with van der Waals surface area (Å²) >= 11 is 5.77. The normalized spacial score (nSPS) is 16.7. The van der Waals surface area contributed by atoms with Gasteiger partial charge in [0.1, 0.15) is 0 Å². The van der Waals surface area contributed by atoms with Gasteiger partial charge in [0.2, 0.25) is 0 Å². The number of benzene rings is 1. The molecule has 0 aromatic heterocycles. The Balaban J connectivity index is 2.01. The lowest BCUT2D eigenvalue weighted by Gasteiger charge is -2.23. The molecule has 0 atom stereocenters. The Labute approximate surface area is 110 Å². The summed E-state index contributed by atoms with van der Waals surface area (Å²) in [6.07, 6.45) is 1.89. The zero-order chi connectivity index (χ0) is 13.0. The summed E-state index contributed by atoms with van der Waals surface area (Å²) in [5.41, 5.74) is 0.734. The van der Waals surface area contributed by atoms with Gasteiger partial charge < -0.3 is 10.1 Å². The number of ether oxygens (including phenoxy) is 1. The van der Waals surface area contributed by atoms with Gasteiger partial charge in [0.05, 0.1) is 4.92 Å². The van der Waals surface area contributed by atoms with Gasteiger partial charge in [0.15, 0.2) is 0 Å². The lowest BCUT2D eigenvalue weighted by molar-refractivity contribution is -0.385. The van der Waals surface area contributed by atoms with E-state index in [1.807, 2.05) is 0 Å². The molecule has 18 heavy (non-hydrogen) atoms. The summed E-state index contributed by atoms with van der Waals surface area (Å²) < 4.78 is 5.26. The molecular formula is C12H15ClN2O3. The fourth-order valence-electron chi connectivity index (χ4n) is 2.01. The Kier molecular flexibility index (Phi) is 4.52. The SMILES string of the molecule is O=[N+]([O-])c1cc(Cl)ccc1CNC1CCOCC1. The molecule has 0 unspecified atom stereocenters. The van der Waals surface area contributed by atoms with Crippen molar-refractivity contribution in [2.45, 2.75) is 25.4 Å². The van der Waals surface area contributed by atoms with Gasteiger partial charge in [0, 0.05) is 42.5 Å². The third kappa shape index (κ3) is 3.41. The van der Waals surface area contributed by atoms with Crippen LogP contribution in [-0.2, 0) is 11.3 Å². The number of halogens is 1. The minimum absolute atomic E-state index is 0.0714. The van der Waals surface area contributed by atoms with Gasteiger partial charge in [-0.2, -0.15) is 0 Å². The maximum atomic E-state index is 10.9. The molecule has 1 heterocycles. The van der Waals surface area contributed by atoms with Crippen LogP contribution in [0.5, 0.6) is 0 Å². The van der Waals surface area contributed by atoms with E-state index in [1.54, 1.807) is 12.1 Å². The number of hydrogen-bond donors (Lipinski definition) is 1. The molecule has 0 saturated carbocycles. The Morgan fingerprint density at radius 3 is 2.83 bits per heavy atom. The Hall–Kier alpha value is -1.17. The molecule has 2 rings (SSSR count). The molecule has 0 spiro atoms. The summed E-state index contributed by atoms with van der Waals surface area (Å²) in [6.45, 7) is 1.99. The number of nitrogens with one attached hydrogen (secondary N) is 1. The molecule has 1 saturated heterocycles. The average Bonchev–Trinajstić information content (AvgIpc) is 2.38. The first-order valence-corrected chi connectivity index (χ1v) is 6.28. The van der Waals surface area contributed by atoms with Crippen molar-refractivity contribution in [3.63, 3.8) is 0 Å². The quantitative estimate of drug-likeness (QED) is 0.674. The highest BCUT2D eigenvalue weighted by Gasteiger charge is 2.17. The number of hydrogen-bond acceptors (Lipinski definition) is 4. The standard InChI is InChI=1S/C12H15ClN2O3/c13-10-2-1-9(12(7-10)15(16)17)8-14-11-3-5-18-6-4-11/h1-2,7,11,14H,3-6,8H2. The average molecular weight is 271 g/mol. The predicted molar refractivity (Wildman–Crippen MR) is 68.8 cm³/mol. The van der Waals surface area contributed by atoms with Crippen molar-refractivity contribution in [1.29, 1.82) is 0 Å². The van der Waals surface area contributed by atoms with E-state index in [-0.39, 0.29) is 5.69 Å². The number of nitrogens with zero attached hydrogens (tertiary/aromatic N) is 1. The Morgan fingerprint density at radius 1 is 1.44 bits per heavy atom. The highest BCUT2D eigenvalue weighted by atomic mass is 35.5. The molecule has 98 valence electrons. The van der Waals surface area contributed by atoms with Crippen LogP contribution >= 0.6 is 11.6 Å². The summed E-state index contributed by atoms with van der Waals surface area (Å²) in [5.74, 6) is 0. The van der Waals surface area contributed by atoms with Crippen LogP contribution in [-0.4, -0.2) is 24.2 Å². The second-order valence-electron chi connectivity index (χ2n) is 4.30. The zero-order valence-corrected chi connectivity index (χ0v) is 10.7. The van der Waals surface area contributed by atoms with Crippen molar-refractivity contribution in [1.82, 2.24) is 5.32 Å². The minimum Gasteiger partial charge on any atom is -0.381 e. The van der Waals surface area contributed by atoms with E-state index in [1.165, 1.54) is 6.07 Å². The smallest absolute Gasteiger partial charge is 0.275 e. The van der Waals surface area contributed by atoms with Crippen LogP contribution in [0.15, 0.2) is 18.2 Å². The summed E-state index contributed by atoms with van der Waals surface area (Å²) in [5, 5.41) is 14.6. The monoisotopic (exact) mass is 270 g/mol. The van der Waals surface area contributed by atoms with E-state index in [9.17, 15) is 10.1 Å². The van der Waals surface area contributed by atoms with Crippen molar-refractivity contribution in [2.75, 3.05) is 13.2 Å². The topological polar surface area (TPSA) is 64.4 Å². The van der Waals surface area contributed by atoms with Gasteiger partial charge in [-0.15, -0.1) is 0 Å². The van der Waals surface area contributed by atoms with Crippen LogP contribution in [0.3, 0.4) is 0 Å². The van der Waals surface area contributed by atoms with Gasteiger partial charge in [-0.3, -0.25) is 10.1 Å². The van der Waals surface area contributed by atoms with E-state index in [4.69, 9.17) is 16.3 Å². The predicted octanol–water partition coefficient (Wildman–Crippen LogP) is 2.52. The van der Waals surface area contributed by atoms with Crippen molar-refractivity contribution in [3.8, 4) is 0 Å². The maximum Gasteiger partial charge on any atom is 0.275 e. The molecule has 1 aromatic rings. The largest absolute Gasteiger partial charge is 0.381 e. The van der Waals surface area contributed by atoms with Crippen molar-refractivity contribution >= 4 is 17.3 Å². The van der Waals surface area contributed by atoms with E-state index in [2.05, 4.69) is 5.32 Å². The van der Waals surface area contributed by atoms with Crippen LogP contribution in [0, 0.1) is 10.1 Å². The van der Waals surface area contributed by atoms with E-state index in [0.29, 0.717) is 23.2 Å². The second-order valence-corrected chi connectivity index (χ2v) is 4.73. The zero-order valence-electron chi connectivity index (χ0n) is 9.89. The molecule has 1 aromatic carbocycles. The molecule has 5 nitrogen and oxygen atoms in total. The first-order chi connectivity index (χ1) is 8.66. The van der Waals surface area contributed by atoms with E-state index in [0.717, 1.165) is 26.1 Å². The number of rotatable bonds is 4. The van der Waals surface area contributed by atoms with Crippen LogP contribution in [0.4, 0.5) is 5.69 Å². The van der Waals surface area contributed by atoms with E-state index >= 15 is 0 Å². The molecular weight excluding hydrogens is 256 g/mol. The molecule has 1 aliphatic heterocycles. The highest BCUT2D eigenvalue weighted by molar-refractivity contribution is 6.30. The molecule has 0 aliphatic carbocycles. The third-order valence-electron chi connectivity index (χ3n) is 3.05. The molecule has 1 N–H and O–H groups in total. The highest BCUT2D eigenvalue weighted by Crippen LogP contribution is 2.23. The fourth-order valence-corrected chi connectivity index (χ4v) is 2.18. The molecule has 0 amide bonds. The second kappa shape index (κ2) is 6.13. The molecule has 6 heteroatoms. The summed E-state index contributed by atoms with van der Waals surface area (Å²) in [7, 11) is 0. The van der Waals surface area contributed by atoms with Crippen LogP contribution in [0.2, 0.25) is 5.02 Å². The summed E-state index contributed by atoms with van der Waals surface area (Å²) in [4.78, 5) is 10.5. The van der Waals surface area contributed by atoms with Crippen LogP contribution < -0.4 is 5.32 Å². The lowest BCUT2D eigenvalue weighted by atomic mass is 10.1. The number of nitro benzene ring substituents is 1. The molecule has 0 bridgehead atoms. The van der Waals surface area contributed by atoms with E-state index < -0.39 is 4.92 Å². The Morgan fingerprint density at radius 2 is 2.17 bits per heavy atom. The summed E-state index contributed by atoms with van der Waals surface area (Å²) in [6, 6.07) is 5.14. The lowest BCUT2D eigenvalue weighted by Crippen LogP contribution is -2.34. The first-order valence-electron chi connectivity index (χ1n) is 5.91. The van der Waals surface area contributed by atoms with Crippen molar-refractivity contribution < 1.29 is 9.66 Å². The van der Waals surface area contributed by atoms with Gasteiger partial charge in [-0.05, 0) is 25.0 Å². The molecule has 1 aliphatic rings. The van der Waals surface area contributed by atoms with Crippen molar-refractivity contribution in [3.05, 3.63) is 38.9 Å². The van der Waals surface area contributed by atoms with Gasteiger partial charge in [-0.1, -0.05) is 11.6 Å². The first kappa shape index (κ1) is 13.3. The fraction of sp³-hybridized carbons (Fsp3) is 0.500. The Bertz CT molecular complexity index is 433. The molecule has 0 radical (unpaired) electrons. The van der Waals surface area contributed by atoms with Crippen molar-refractivity contribution in [2.24, 2.45) is 0 Å². The number of nitro groups is 1.